The molecule has 0 aromatic rings. The van der Waals surface area contributed by atoms with Crippen LogP contribution in [0, 0.1) is 0 Å². The Morgan fingerprint density at radius 1 is 0.842 bits per heavy atom. The van der Waals surface area contributed by atoms with Crippen molar-refractivity contribution in [2.75, 3.05) is 46.1 Å². The summed E-state index contributed by atoms with van der Waals surface area (Å²) in [6.07, 6.45) is 0.915. The summed E-state index contributed by atoms with van der Waals surface area (Å²) in [6, 6.07) is 0.823. The molecule has 116 valence electrons. The van der Waals surface area contributed by atoms with Gasteiger partial charge in [-0.1, -0.05) is 6.92 Å². The number of nitrogens with one attached hydrogen (secondary N) is 1. The lowest BCUT2D eigenvalue weighted by molar-refractivity contribution is 0.0661. The minimum absolute atomic E-state index is 0.632. The van der Waals surface area contributed by atoms with Gasteiger partial charge in [0.05, 0.1) is 6.61 Å². The summed E-state index contributed by atoms with van der Waals surface area (Å²) in [7, 11) is -2.47. The summed E-state index contributed by atoms with van der Waals surface area (Å²) in [5.41, 5.74) is 0. The van der Waals surface area contributed by atoms with Crippen molar-refractivity contribution in [1.29, 1.82) is 0 Å². The fourth-order valence-corrected chi connectivity index (χ4v) is 4.40. The molecule has 0 aromatic heterocycles. The quantitative estimate of drug-likeness (QED) is 0.392. The lowest BCUT2D eigenvalue weighted by atomic mass is 10.5. The Bertz CT molecular complexity index is 178. The fraction of sp³-hybridized carbons (Fsp3) is 1.00. The third-order valence-electron chi connectivity index (χ3n) is 2.54. The van der Waals surface area contributed by atoms with Crippen LogP contribution in [-0.2, 0) is 18.0 Å². The minimum Gasteiger partial charge on any atom is -0.380 e. The van der Waals surface area contributed by atoms with E-state index >= 15 is 0 Å². The number of hydrogen-bond acceptors (Lipinski definition) is 5. The molecule has 0 unspecified atom stereocenters. The van der Waals surface area contributed by atoms with Gasteiger partial charge in [-0.15, -0.1) is 0 Å². The van der Waals surface area contributed by atoms with Crippen molar-refractivity contribution in [3.63, 3.8) is 0 Å². The van der Waals surface area contributed by atoms with E-state index in [1.807, 2.05) is 20.8 Å². The molecule has 0 rings (SSSR count). The smallest absolute Gasteiger partial charge is 0.380 e. The molecule has 0 aromatic carbocycles. The van der Waals surface area contributed by atoms with E-state index in [1.54, 1.807) is 0 Å². The molecular weight excluding hydrogens is 262 g/mol. The van der Waals surface area contributed by atoms with Crippen molar-refractivity contribution < 1.29 is 18.0 Å². The standard InChI is InChI=1S/C13H31NO4Si/c1-5-14-10-12-15-11-9-13-19(16-6-2,17-7-3)18-8-4/h14H,5-13H2,1-4H3. The summed E-state index contributed by atoms with van der Waals surface area (Å²) in [6.45, 7) is 13.3. The Morgan fingerprint density at radius 2 is 1.42 bits per heavy atom. The van der Waals surface area contributed by atoms with Gasteiger partial charge in [0.2, 0.25) is 0 Å². The molecule has 19 heavy (non-hydrogen) atoms. The van der Waals surface area contributed by atoms with Gasteiger partial charge in [0.15, 0.2) is 0 Å². The number of hydrogen-bond donors (Lipinski definition) is 1. The van der Waals surface area contributed by atoms with Gasteiger partial charge in [-0.05, 0) is 33.7 Å². The van der Waals surface area contributed by atoms with Gasteiger partial charge in [-0.3, -0.25) is 0 Å². The molecule has 0 fully saturated rings. The van der Waals surface area contributed by atoms with Crippen LogP contribution in [0.1, 0.15) is 34.1 Å². The number of ether oxygens (including phenoxy) is 1. The van der Waals surface area contributed by atoms with Crippen molar-refractivity contribution in [1.82, 2.24) is 5.32 Å². The second-order valence-corrected chi connectivity index (χ2v) is 6.78. The van der Waals surface area contributed by atoms with Crippen LogP contribution in [-0.4, -0.2) is 54.9 Å². The first-order valence-electron chi connectivity index (χ1n) is 7.44. The van der Waals surface area contributed by atoms with E-state index in [9.17, 15) is 0 Å². The molecule has 0 atom stereocenters. The molecule has 0 aliphatic heterocycles. The molecule has 1 N–H and O–H groups in total. The summed E-state index contributed by atoms with van der Waals surface area (Å²) >= 11 is 0. The average molecular weight is 293 g/mol. The van der Waals surface area contributed by atoms with Crippen LogP contribution in [0.5, 0.6) is 0 Å². The van der Waals surface area contributed by atoms with E-state index in [0.717, 1.165) is 38.8 Å². The van der Waals surface area contributed by atoms with Gasteiger partial charge in [-0.2, -0.15) is 0 Å². The molecule has 0 heterocycles. The van der Waals surface area contributed by atoms with Crippen LogP contribution in [0.15, 0.2) is 0 Å². The number of likely N-dealkylation sites (N-methyl/N-ethyl adjacent to an activating group) is 1. The van der Waals surface area contributed by atoms with Crippen LogP contribution >= 0.6 is 0 Å². The highest BCUT2D eigenvalue weighted by Crippen LogP contribution is 2.18. The van der Waals surface area contributed by atoms with Crippen molar-refractivity contribution in [2.45, 2.75) is 40.2 Å². The van der Waals surface area contributed by atoms with Crippen LogP contribution in [0.25, 0.3) is 0 Å². The van der Waals surface area contributed by atoms with Crippen LogP contribution in [0.4, 0.5) is 0 Å². The zero-order chi connectivity index (χ0) is 14.4. The maximum atomic E-state index is 5.78. The summed E-state index contributed by atoms with van der Waals surface area (Å²) in [5.74, 6) is 0. The average Bonchev–Trinajstić information content (AvgIpc) is 2.39. The maximum Gasteiger partial charge on any atom is 0.501 e. The Kier molecular flexibility index (Phi) is 13.0. The van der Waals surface area contributed by atoms with Gasteiger partial charge in [-0.25, -0.2) is 0 Å². The minimum atomic E-state index is -2.47. The van der Waals surface area contributed by atoms with E-state index in [-0.39, 0.29) is 0 Å². The predicted octanol–water partition coefficient (Wildman–Crippen LogP) is 2.05. The Hall–Kier alpha value is 0.0169. The van der Waals surface area contributed by atoms with E-state index in [2.05, 4.69) is 12.2 Å². The first-order chi connectivity index (χ1) is 9.24. The molecule has 0 saturated carbocycles. The molecule has 0 aliphatic rings. The largest absolute Gasteiger partial charge is 0.501 e. The first kappa shape index (κ1) is 19.0. The zero-order valence-corrected chi connectivity index (χ0v) is 14.0. The fourth-order valence-electron chi connectivity index (χ4n) is 1.82. The van der Waals surface area contributed by atoms with E-state index in [1.165, 1.54) is 0 Å². The first-order valence-corrected chi connectivity index (χ1v) is 9.38. The Morgan fingerprint density at radius 3 is 1.89 bits per heavy atom. The van der Waals surface area contributed by atoms with E-state index in [4.69, 9.17) is 18.0 Å². The van der Waals surface area contributed by atoms with Crippen molar-refractivity contribution in [3.8, 4) is 0 Å². The van der Waals surface area contributed by atoms with Gasteiger partial charge in [0.25, 0.3) is 0 Å². The van der Waals surface area contributed by atoms with Gasteiger partial charge in [0, 0.05) is 39.0 Å². The second-order valence-electron chi connectivity index (χ2n) is 4.05. The molecule has 0 aliphatic carbocycles. The molecule has 0 bridgehead atoms. The van der Waals surface area contributed by atoms with Crippen molar-refractivity contribution >= 4 is 8.80 Å². The Balaban J connectivity index is 3.89. The molecule has 0 saturated heterocycles. The van der Waals surface area contributed by atoms with Crippen molar-refractivity contribution in [2.24, 2.45) is 0 Å². The highest BCUT2D eigenvalue weighted by molar-refractivity contribution is 6.60. The third-order valence-corrected chi connectivity index (χ3v) is 5.69. The van der Waals surface area contributed by atoms with Gasteiger partial charge in [0.1, 0.15) is 0 Å². The third kappa shape index (κ3) is 9.54. The van der Waals surface area contributed by atoms with Crippen LogP contribution in [0.3, 0.4) is 0 Å². The summed E-state index contributed by atoms with van der Waals surface area (Å²) in [4.78, 5) is 0. The van der Waals surface area contributed by atoms with Crippen molar-refractivity contribution in [3.05, 3.63) is 0 Å². The van der Waals surface area contributed by atoms with E-state index in [0.29, 0.717) is 19.8 Å². The molecule has 5 nitrogen and oxygen atoms in total. The maximum absolute atomic E-state index is 5.78. The number of rotatable bonds is 14. The van der Waals surface area contributed by atoms with Crippen LogP contribution in [0.2, 0.25) is 6.04 Å². The molecular formula is C13H31NO4Si. The van der Waals surface area contributed by atoms with Gasteiger partial charge >= 0.3 is 8.80 Å². The normalized spacial score (nSPS) is 12.0. The predicted molar refractivity (Wildman–Crippen MR) is 79.4 cm³/mol. The molecule has 0 spiro atoms. The monoisotopic (exact) mass is 293 g/mol. The topological polar surface area (TPSA) is 49.0 Å². The zero-order valence-electron chi connectivity index (χ0n) is 13.0. The molecule has 0 amide bonds. The SMILES string of the molecule is CCNCCOCCC[Si](OCC)(OCC)OCC. The lowest BCUT2D eigenvalue weighted by Crippen LogP contribution is -2.46. The Labute approximate surface area is 119 Å². The summed E-state index contributed by atoms with van der Waals surface area (Å²) in [5, 5.41) is 3.23. The second kappa shape index (κ2) is 13.0. The highest BCUT2D eigenvalue weighted by atomic mass is 28.4. The lowest BCUT2D eigenvalue weighted by Gasteiger charge is -2.28. The van der Waals surface area contributed by atoms with Gasteiger partial charge < -0.3 is 23.3 Å². The van der Waals surface area contributed by atoms with Crippen LogP contribution < -0.4 is 5.32 Å². The van der Waals surface area contributed by atoms with E-state index < -0.39 is 8.80 Å². The highest BCUT2D eigenvalue weighted by Gasteiger charge is 2.39. The summed E-state index contributed by atoms with van der Waals surface area (Å²) < 4.78 is 22.9. The molecule has 0 radical (unpaired) electrons. The molecule has 6 heteroatoms.